The van der Waals surface area contributed by atoms with Gasteiger partial charge in [-0.3, -0.25) is 4.79 Å². The lowest BCUT2D eigenvalue weighted by atomic mass is 10.1. The van der Waals surface area contributed by atoms with E-state index in [-0.39, 0.29) is 11.7 Å². The van der Waals surface area contributed by atoms with Gasteiger partial charge in [-0.1, -0.05) is 30.3 Å². The van der Waals surface area contributed by atoms with Crippen LogP contribution in [-0.4, -0.2) is 19.1 Å². The normalized spacial score (nSPS) is 11.5. The Kier molecular flexibility index (Phi) is 6.57. The third-order valence-electron chi connectivity index (χ3n) is 4.73. The summed E-state index contributed by atoms with van der Waals surface area (Å²) >= 11 is 0. The van der Waals surface area contributed by atoms with Crippen molar-refractivity contribution in [1.82, 2.24) is 0 Å². The van der Waals surface area contributed by atoms with Crippen LogP contribution in [0.15, 0.2) is 60.7 Å². The number of nitrogens with one attached hydrogen (secondary N) is 2. The number of halogens is 1. The first kappa shape index (κ1) is 21.2. The average molecular weight is 408 g/mol. The van der Waals surface area contributed by atoms with E-state index in [2.05, 4.69) is 10.6 Å². The molecule has 2 N–H and O–H groups in total. The number of hydrogen-bond donors (Lipinski definition) is 2. The predicted octanol–water partition coefficient (Wildman–Crippen LogP) is 5.68. The first-order chi connectivity index (χ1) is 14.4. The molecule has 6 heteroatoms. The number of methoxy groups -OCH3 is 1. The van der Waals surface area contributed by atoms with E-state index in [1.165, 1.54) is 19.2 Å². The Labute approximate surface area is 175 Å². The lowest BCUT2D eigenvalue weighted by Crippen LogP contribution is -2.32. The first-order valence-corrected chi connectivity index (χ1v) is 9.63. The van der Waals surface area contributed by atoms with Gasteiger partial charge in [0.05, 0.1) is 7.11 Å². The molecule has 1 amide bonds. The van der Waals surface area contributed by atoms with Gasteiger partial charge < -0.3 is 20.1 Å². The molecule has 0 saturated carbocycles. The van der Waals surface area contributed by atoms with Gasteiger partial charge in [0.25, 0.3) is 0 Å². The van der Waals surface area contributed by atoms with Crippen molar-refractivity contribution in [2.75, 3.05) is 17.7 Å². The summed E-state index contributed by atoms with van der Waals surface area (Å²) in [6.45, 7) is 5.60. The van der Waals surface area contributed by atoms with Crippen molar-refractivity contribution >= 4 is 17.3 Å². The molecule has 0 saturated heterocycles. The van der Waals surface area contributed by atoms with Gasteiger partial charge in [0.15, 0.2) is 23.1 Å². The number of benzene rings is 3. The third-order valence-corrected chi connectivity index (χ3v) is 4.73. The molecule has 156 valence electrons. The Balaban J connectivity index is 1.68. The molecule has 5 nitrogen and oxygen atoms in total. The first-order valence-electron chi connectivity index (χ1n) is 9.63. The Morgan fingerprint density at radius 2 is 1.60 bits per heavy atom. The third kappa shape index (κ3) is 4.89. The van der Waals surface area contributed by atoms with Gasteiger partial charge in [0.2, 0.25) is 5.91 Å². The fourth-order valence-electron chi connectivity index (χ4n) is 3.05. The molecule has 3 rings (SSSR count). The Morgan fingerprint density at radius 1 is 0.933 bits per heavy atom. The summed E-state index contributed by atoms with van der Waals surface area (Å²) in [6, 6.07) is 16.8. The van der Waals surface area contributed by atoms with Crippen molar-refractivity contribution in [3.63, 3.8) is 0 Å². The lowest BCUT2D eigenvalue weighted by molar-refractivity contribution is -0.116. The number of ether oxygens (including phenoxy) is 2. The van der Waals surface area contributed by atoms with E-state index >= 15 is 0 Å². The molecule has 0 aliphatic heterocycles. The van der Waals surface area contributed by atoms with Gasteiger partial charge in [0.1, 0.15) is 6.04 Å². The highest BCUT2D eigenvalue weighted by Crippen LogP contribution is 2.33. The highest BCUT2D eigenvalue weighted by molar-refractivity contribution is 5.97. The number of para-hydroxylation sites is 3. The molecule has 0 heterocycles. The molecule has 1 unspecified atom stereocenters. The maximum Gasteiger partial charge on any atom is 0.246 e. The van der Waals surface area contributed by atoms with E-state index in [0.29, 0.717) is 17.2 Å². The fraction of sp³-hybridized carbons (Fsp3) is 0.208. The highest BCUT2D eigenvalue weighted by atomic mass is 19.1. The fourth-order valence-corrected chi connectivity index (χ4v) is 3.05. The summed E-state index contributed by atoms with van der Waals surface area (Å²) in [5, 5.41) is 5.96. The molecule has 3 aromatic rings. The number of rotatable bonds is 7. The summed E-state index contributed by atoms with van der Waals surface area (Å²) < 4.78 is 25.4. The van der Waals surface area contributed by atoms with E-state index in [0.717, 1.165) is 16.8 Å². The van der Waals surface area contributed by atoms with Crippen LogP contribution in [-0.2, 0) is 4.79 Å². The van der Waals surface area contributed by atoms with Crippen LogP contribution in [0.1, 0.15) is 18.1 Å². The average Bonchev–Trinajstić information content (AvgIpc) is 2.73. The van der Waals surface area contributed by atoms with Crippen LogP contribution in [0.5, 0.6) is 17.2 Å². The SMILES string of the molecule is COc1ccccc1Oc1ccc(NC(C)C(=O)Nc2c(C)cccc2C)cc1F. The zero-order valence-corrected chi connectivity index (χ0v) is 17.5. The van der Waals surface area contributed by atoms with Crippen LogP contribution in [0.3, 0.4) is 0 Å². The molecular formula is C24H25FN2O3. The maximum atomic E-state index is 14.6. The van der Waals surface area contributed by atoms with Crippen LogP contribution in [0.2, 0.25) is 0 Å². The molecule has 0 spiro atoms. The second-order valence-corrected chi connectivity index (χ2v) is 7.02. The number of hydrogen-bond acceptors (Lipinski definition) is 4. The molecule has 30 heavy (non-hydrogen) atoms. The zero-order valence-electron chi connectivity index (χ0n) is 17.5. The number of anilines is 2. The van der Waals surface area contributed by atoms with Crippen molar-refractivity contribution in [2.45, 2.75) is 26.8 Å². The van der Waals surface area contributed by atoms with Crippen molar-refractivity contribution in [2.24, 2.45) is 0 Å². The molecular weight excluding hydrogens is 383 g/mol. The largest absolute Gasteiger partial charge is 0.493 e. The molecule has 0 fully saturated rings. The smallest absolute Gasteiger partial charge is 0.246 e. The van der Waals surface area contributed by atoms with Crippen LogP contribution in [0.4, 0.5) is 15.8 Å². The molecule has 3 aromatic carbocycles. The Morgan fingerprint density at radius 3 is 2.23 bits per heavy atom. The summed E-state index contributed by atoms with van der Waals surface area (Å²) in [7, 11) is 1.52. The standard InChI is InChI=1S/C24H25FN2O3/c1-15-8-7-9-16(2)23(15)27-24(28)17(3)26-18-12-13-20(19(25)14-18)30-22-11-6-5-10-21(22)29-4/h5-14,17,26H,1-4H3,(H,27,28). The van der Waals surface area contributed by atoms with E-state index < -0.39 is 11.9 Å². The molecule has 0 aliphatic carbocycles. The van der Waals surface area contributed by atoms with E-state index in [9.17, 15) is 9.18 Å². The van der Waals surface area contributed by atoms with Gasteiger partial charge in [-0.15, -0.1) is 0 Å². The van der Waals surface area contributed by atoms with Crippen molar-refractivity contribution in [1.29, 1.82) is 0 Å². The summed E-state index contributed by atoms with van der Waals surface area (Å²) in [4.78, 5) is 12.6. The molecule has 0 bridgehead atoms. The summed E-state index contributed by atoms with van der Waals surface area (Å²) in [6.07, 6.45) is 0. The second kappa shape index (κ2) is 9.31. The van der Waals surface area contributed by atoms with Gasteiger partial charge in [0, 0.05) is 17.4 Å². The van der Waals surface area contributed by atoms with Gasteiger partial charge in [-0.05, 0) is 56.2 Å². The van der Waals surface area contributed by atoms with E-state index in [1.54, 1.807) is 37.3 Å². The minimum Gasteiger partial charge on any atom is -0.493 e. The Bertz CT molecular complexity index is 1030. The zero-order chi connectivity index (χ0) is 21.7. The Hall–Kier alpha value is -3.54. The molecule has 1 atom stereocenters. The number of carbonyl (C=O) groups is 1. The van der Waals surface area contributed by atoms with Gasteiger partial charge in [-0.25, -0.2) is 4.39 Å². The highest BCUT2D eigenvalue weighted by Gasteiger charge is 2.16. The lowest BCUT2D eigenvalue weighted by Gasteiger charge is -2.18. The van der Waals surface area contributed by atoms with E-state index in [1.807, 2.05) is 32.0 Å². The van der Waals surface area contributed by atoms with Crippen molar-refractivity contribution in [3.8, 4) is 17.2 Å². The maximum absolute atomic E-state index is 14.6. The number of amides is 1. The molecule has 0 aromatic heterocycles. The second-order valence-electron chi connectivity index (χ2n) is 7.02. The summed E-state index contributed by atoms with van der Waals surface area (Å²) in [5.74, 6) is 0.241. The van der Waals surface area contributed by atoms with Crippen LogP contribution in [0, 0.1) is 19.7 Å². The molecule has 0 radical (unpaired) electrons. The summed E-state index contributed by atoms with van der Waals surface area (Å²) in [5.41, 5.74) is 3.24. The van der Waals surface area contributed by atoms with Crippen LogP contribution in [0.25, 0.3) is 0 Å². The van der Waals surface area contributed by atoms with Crippen LogP contribution < -0.4 is 20.1 Å². The number of aryl methyl sites for hydroxylation is 2. The monoisotopic (exact) mass is 408 g/mol. The van der Waals surface area contributed by atoms with Gasteiger partial charge in [-0.2, -0.15) is 0 Å². The van der Waals surface area contributed by atoms with Gasteiger partial charge >= 0.3 is 0 Å². The number of carbonyl (C=O) groups excluding carboxylic acids is 1. The topological polar surface area (TPSA) is 59.6 Å². The minimum absolute atomic E-state index is 0.0673. The van der Waals surface area contributed by atoms with Crippen molar-refractivity contribution < 1.29 is 18.7 Å². The van der Waals surface area contributed by atoms with Crippen LogP contribution >= 0.6 is 0 Å². The molecule has 0 aliphatic rings. The van der Waals surface area contributed by atoms with Crippen molar-refractivity contribution in [3.05, 3.63) is 77.6 Å². The predicted molar refractivity (Wildman–Crippen MR) is 117 cm³/mol. The quantitative estimate of drug-likeness (QED) is 0.528. The van der Waals surface area contributed by atoms with E-state index in [4.69, 9.17) is 9.47 Å². The minimum atomic E-state index is -0.565.